The summed E-state index contributed by atoms with van der Waals surface area (Å²) in [4.78, 5) is 16.5. The average Bonchev–Trinajstić information content (AvgIpc) is 2.96. The van der Waals surface area contributed by atoms with E-state index in [0.717, 1.165) is 42.4 Å². The van der Waals surface area contributed by atoms with E-state index in [1.807, 2.05) is 32.1 Å². The minimum absolute atomic E-state index is 0.0216. The Bertz CT molecular complexity index is 1260. The molecule has 4 heterocycles. The van der Waals surface area contributed by atoms with Crippen LogP contribution in [0.3, 0.4) is 0 Å². The maximum Gasteiger partial charge on any atom is 0.330 e. The van der Waals surface area contributed by atoms with E-state index < -0.39 is 6.29 Å². The number of benzene rings is 1. The van der Waals surface area contributed by atoms with Crippen LogP contribution in [0.5, 0.6) is 0 Å². The Morgan fingerprint density at radius 1 is 1.02 bits per heavy atom. The number of fused-ring (bicyclic) bond motifs is 9. The summed E-state index contributed by atoms with van der Waals surface area (Å²) in [5.41, 5.74) is 4.04. The van der Waals surface area contributed by atoms with Crippen LogP contribution >= 0.6 is 0 Å². The molecule has 0 unspecified atom stereocenters. The van der Waals surface area contributed by atoms with Gasteiger partial charge in [0.05, 0.1) is 43.7 Å². The maximum absolute atomic E-state index is 13.0. The molecule has 224 valence electrons. The van der Waals surface area contributed by atoms with E-state index in [1.54, 1.807) is 0 Å². The Kier molecular flexibility index (Phi) is 10.1. The largest absolute Gasteiger partial charge is 0.458 e. The lowest BCUT2D eigenvalue weighted by Gasteiger charge is -2.44. The summed E-state index contributed by atoms with van der Waals surface area (Å²) in [5.74, 6) is -0.499. The molecule has 0 radical (unpaired) electrons. The molecule has 4 aliphatic heterocycles. The number of ether oxygens (including phenoxy) is 5. The van der Waals surface area contributed by atoms with Gasteiger partial charge in [-0.1, -0.05) is 69.4 Å². The number of carbonyl (C=O) groups excluding carboxylic acids is 1. The third kappa shape index (κ3) is 7.48. The molecule has 0 aromatic heterocycles. The van der Waals surface area contributed by atoms with Crippen molar-refractivity contribution >= 4 is 12.0 Å². The van der Waals surface area contributed by atoms with Crippen molar-refractivity contribution in [3.8, 4) is 0 Å². The highest BCUT2D eigenvalue weighted by atomic mass is 16.7. The Labute approximate surface area is 250 Å². The van der Waals surface area contributed by atoms with Crippen LogP contribution in [-0.4, -0.2) is 49.2 Å². The van der Waals surface area contributed by atoms with Crippen LogP contribution in [0.2, 0.25) is 0 Å². The van der Waals surface area contributed by atoms with Gasteiger partial charge in [0.25, 0.3) is 0 Å². The van der Waals surface area contributed by atoms with Gasteiger partial charge in [-0.3, -0.25) is 0 Å². The highest BCUT2D eigenvalue weighted by molar-refractivity contribution is 5.82. The zero-order valence-electron chi connectivity index (χ0n) is 24.9. The molecule has 5 rings (SSSR count). The van der Waals surface area contributed by atoms with E-state index in [0.29, 0.717) is 19.4 Å². The van der Waals surface area contributed by atoms with Crippen LogP contribution in [0, 0.1) is 18.4 Å². The van der Waals surface area contributed by atoms with Crippen LogP contribution < -0.4 is 0 Å². The maximum atomic E-state index is 13.0. The highest BCUT2D eigenvalue weighted by Gasteiger charge is 2.43. The van der Waals surface area contributed by atoms with Crippen molar-refractivity contribution < 1.29 is 28.5 Å². The molecule has 0 aliphatic carbocycles. The molecule has 3 saturated heterocycles. The molecule has 4 aliphatic rings. The SMILES string of the molecule is [C-]#[N+]/C=C(\C)[C@@H]1O[C@@H]2C/C=C/c3cccc(c3)[C@H]3OCC[C@@H](C[C@H]4CC(=C)C[C@H](C/C=C/C(=O)O[C@@H]([C@H]2C)[C@H]1C)O4)O3. The fourth-order valence-corrected chi connectivity index (χ4v) is 6.72. The van der Waals surface area contributed by atoms with Gasteiger partial charge in [-0.2, -0.15) is 0 Å². The summed E-state index contributed by atoms with van der Waals surface area (Å²) in [6.07, 6.45) is 12.3. The van der Waals surface area contributed by atoms with Gasteiger partial charge in [-0.15, -0.1) is 0 Å². The molecular weight excluding hydrogens is 530 g/mol. The van der Waals surface area contributed by atoms with Crippen molar-refractivity contribution in [3.05, 3.63) is 89.0 Å². The van der Waals surface area contributed by atoms with Gasteiger partial charge in [-0.25, -0.2) is 9.64 Å². The summed E-state index contributed by atoms with van der Waals surface area (Å²) < 4.78 is 31.5. The smallest absolute Gasteiger partial charge is 0.330 e. The standard InChI is InChI=1S/C35H43NO6/c1-22-17-28-12-8-14-32(37)42-34-24(3)31(41-33(25(34)4)23(2)21-36-5)13-7-10-26-9-6-11-27(19-26)35-38-16-15-29(40-35)20-30(18-22)39-28/h6-11,14,19,21,24-25,28-31,33-35H,1,12-13,15-18,20H2,2-4H3/b10-7+,14-8+,23-21+/t24-,25-,28-,29-,30+,31+,33-,34-,35-/m0/s1. The van der Waals surface area contributed by atoms with Crippen molar-refractivity contribution in [2.24, 2.45) is 11.8 Å². The predicted molar refractivity (Wildman–Crippen MR) is 161 cm³/mol. The van der Waals surface area contributed by atoms with Gasteiger partial charge in [0, 0.05) is 29.9 Å². The van der Waals surface area contributed by atoms with Crippen molar-refractivity contribution in [1.82, 2.24) is 0 Å². The van der Waals surface area contributed by atoms with E-state index in [1.165, 1.54) is 17.8 Å². The topological polar surface area (TPSA) is 67.6 Å². The lowest BCUT2D eigenvalue weighted by atomic mass is 9.79. The Hall–Kier alpha value is -3.02. The van der Waals surface area contributed by atoms with Crippen LogP contribution in [0.1, 0.15) is 76.7 Å². The number of rotatable bonds is 1. The van der Waals surface area contributed by atoms with E-state index in [4.69, 9.17) is 30.3 Å². The first-order valence-corrected chi connectivity index (χ1v) is 15.2. The van der Waals surface area contributed by atoms with Crippen LogP contribution in [0.25, 0.3) is 10.9 Å². The van der Waals surface area contributed by atoms with Crippen molar-refractivity contribution in [3.63, 3.8) is 0 Å². The average molecular weight is 574 g/mol. The summed E-state index contributed by atoms with van der Waals surface area (Å²) in [5, 5.41) is 0. The normalized spacial score (nSPS) is 37.9. The Balaban J connectivity index is 1.43. The van der Waals surface area contributed by atoms with Gasteiger partial charge in [-0.05, 0) is 49.3 Å². The molecule has 8 bridgehead atoms. The van der Waals surface area contributed by atoms with Gasteiger partial charge in [0.2, 0.25) is 0 Å². The zero-order valence-corrected chi connectivity index (χ0v) is 24.9. The first-order chi connectivity index (χ1) is 20.3. The quantitative estimate of drug-likeness (QED) is 0.202. The third-order valence-electron chi connectivity index (χ3n) is 8.87. The lowest BCUT2D eigenvalue weighted by Crippen LogP contribution is -2.50. The molecule has 0 N–H and O–H groups in total. The number of hydrogen-bond acceptors (Lipinski definition) is 6. The second-order valence-electron chi connectivity index (χ2n) is 12.2. The molecule has 7 heteroatoms. The molecule has 3 fully saturated rings. The lowest BCUT2D eigenvalue weighted by molar-refractivity contribution is -0.225. The predicted octanol–water partition coefficient (Wildman–Crippen LogP) is 7.12. The molecule has 0 saturated carbocycles. The molecule has 7 nitrogen and oxygen atoms in total. The molecule has 1 aromatic carbocycles. The van der Waals surface area contributed by atoms with Crippen LogP contribution in [0.4, 0.5) is 0 Å². The van der Waals surface area contributed by atoms with Crippen LogP contribution in [-0.2, 0) is 28.5 Å². The van der Waals surface area contributed by atoms with Gasteiger partial charge in [0.1, 0.15) is 6.10 Å². The second kappa shape index (κ2) is 14.0. The third-order valence-corrected chi connectivity index (χ3v) is 8.87. The Morgan fingerprint density at radius 2 is 1.83 bits per heavy atom. The van der Waals surface area contributed by atoms with Gasteiger partial charge < -0.3 is 23.7 Å². The summed E-state index contributed by atoms with van der Waals surface area (Å²) in [7, 11) is 0. The first kappa shape index (κ1) is 30.4. The molecule has 42 heavy (non-hydrogen) atoms. The van der Waals surface area contributed by atoms with E-state index in [9.17, 15) is 4.79 Å². The first-order valence-electron chi connectivity index (χ1n) is 15.2. The van der Waals surface area contributed by atoms with E-state index >= 15 is 0 Å². The second-order valence-corrected chi connectivity index (χ2v) is 12.2. The number of nitrogens with zero attached hydrogens (tertiary/aromatic N) is 1. The fourth-order valence-electron chi connectivity index (χ4n) is 6.72. The van der Waals surface area contributed by atoms with Crippen molar-refractivity contribution in [1.29, 1.82) is 0 Å². The molecule has 0 amide bonds. The summed E-state index contributed by atoms with van der Waals surface area (Å²) in [6, 6.07) is 8.24. The minimum atomic E-state index is -0.415. The molecule has 1 aromatic rings. The number of esters is 1. The number of hydrogen-bond donors (Lipinski definition) is 0. The minimum Gasteiger partial charge on any atom is -0.458 e. The molecule has 9 atom stereocenters. The van der Waals surface area contributed by atoms with E-state index in [2.05, 4.69) is 42.6 Å². The van der Waals surface area contributed by atoms with Gasteiger partial charge in [0.15, 0.2) is 12.5 Å². The van der Waals surface area contributed by atoms with Crippen molar-refractivity contribution in [2.45, 2.75) is 102 Å². The van der Waals surface area contributed by atoms with E-state index in [-0.39, 0.29) is 54.4 Å². The van der Waals surface area contributed by atoms with Crippen molar-refractivity contribution in [2.75, 3.05) is 6.61 Å². The summed E-state index contributed by atoms with van der Waals surface area (Å²) >= 11 is 0. The highest BCUT2D eigenvalue weighted by Crippen LogP contribution is 2.38. The molecule has 0 spiro atoms. The van der Waals surface area contributed by atoms with Gasteiger partial charge >= 0.3 is 5.97 Å². The Morgan fingerprint density at radius 3 is 2.67 bits per heavy atom. The monoisotopic (exact) mass is 573 g/mol. The fraction of sp³-hybridized carbons (Fsp3) is 0.543. The van der Waals surface area contributed by atoms with Crippen LogP contribution in [0.15, 0.2) is 66.4 Å². The summed E-state index contributed by atoms with van der Waals surface area (Å²) in [6.45, 7) is 18.2. The molecular formula is C35H43NO6. The zero-order chi connectivity index (χ0) is 29.6. The number of carbonyl (C=O) groups is 1.